The normalized spacial score (nSPS) is 15.7. The third kappa shape index (κ3) is 4.12. The molecular weight excluding hydrogens is 270 g/mol. The molecule has 0 spiro atoms. The summed E-state index contributed by atoms with van der Waals surface area (Å²) >= 11 is 6.23. The van der Waals surface area contributed by atoms with E-state index in [2.05, 4.69) is 14.8 Å². The highest BCUT2D eigenvalue weighted by atomic mass is 35.5. The fourth-order valence-corrected chi connectivity index (χ4v) is 1.27. The third-order valence-electron chi connectivity index (χ3n) is 1.12. The number of carbonyl (C=O) groups is 1. The molecule has 0 atom stereocenters. The summed E-state index contributed by atoms with van der Waals surface area (Å²) in [6.07, 6.45) is 1.37. The van der Waals surface area contributed by atoms with Gasteiger partial charge in [0.2, 0.25) is 5.84 Å². The summed E-state index contributed by atoms with van der Waals surface area (Å²) in [6, 6.07) is 0. The van der Waals surface area contributed by atoms with Crippen LogP contribution in [0.25, 0.3) is 0 Å². The number of halogens is 3. The predicted octanol–water partition coefficient (Wildman–Crippen LogP) is 0.657. The highest BCUT2D eigenvalue weighted by Gasteiger charge is 2.21. The van der Waals surface area contributed by atoms with Crippen molar-refractivity contribution < 1.29 is 14.0 Å². The Morgan fingerprint density at radius 2 is 2.53 bits per heavy atom. The van der Waals surface area contributed by atoms with Gasteiger partial charge in [-0.1, -0.05) is 5.16 Å². The molecule has 10 heteroatoms. The number of hydrogen-bond donors (Lipinski definition) is 2. The lowest BCUT2D eigenvalue weighted by atomic mass is 10.6. The van der Waals surface area contributed by atoms with Crippen LogP contribution in [0.5, 0.6) is 0 Å². The Labute approximate surface area is 100 Å². The lowest BCUT2D eigenvalue weighted by molar-refractivity contribution is -0.107. The smallest absolute Gasteiger partial charge is 0.292 e. The maximum Gasteiger partial charge on any atom is 0.292 e. The molecule has 1 heterocycles. The summed E-state index contributed by atoms with van der Waals surface area (Å²) in [7, 11) is 0. The molecule has 3 N–H and O–H groups in total. The van der Waals surface area contributed by atoms with Gasteiger partial charge in [-0.3, -0.25) is 4.79 Å². The Hall–Kier alpha value is -0.700. The zero-order valence-electron chi connectivity index (χ0n) is 7.15. The first-order valence-electron chi connectivity index (χ1n) is 3.30. The van der Waals surface area contributed by atoms with Crippen LogP contribution in [0.15, 0.2) is 16.4 Å². The highest BCUT2D eigenvalue weighted by Crippen LogP contribution is 2.15. The highest BCUT2D eigenvalue weighted by molar-refractivity contribution is 8.01. The maximum absolute atomic E-state index is 11.6. The van der Waals surface area contributed by atoms with E-state index >= 15 is 0 Å². The first kappa shape index (κ1) is 14.3. The van der Waals surface area contributed by atoms with Crippen LogP contribution in [0.2, 0.25) is 0 Å². The minimum Gasteiger partial charge on any atom is -0.391 e. The van der Waals surface area contributed by atoms with Crippen LogP contribution in [0.4, 0.5) is 4.39 Å². The van der Waals surface area contributed by atoms with Crippen molar-refractivity contribution in [1.82, 2.24) is 9.84 Å². The molecule has 1 aliphatic heterocycles. The van der Waals surface area contributed by atoms with Crippen LogP contribution in [-0.2, 0) is 9.63 Å². The zero-order chi connectivity index (χ0) is 10.6. The fraction of sp³-hybridized carbons (Fsp3) is 0.200. The van der Waals surface area contributed by atoms with Crippen molar-refractivity contribution in [1.29, 1.82) is 0 Å². The molecule has 15 heavy (non-hydrogen) atoms. The van der Waals surface area contributed by atoms with Gasteiger partial charge < -0.3 is 10.6 Å². The molecule has 0 aromatic rings. The van der Waals surface area contributed by atoms with Crippen molar-refractivity contribution in [3.63, 3.8) is 0 Å². The number of oxime groups is 1. The summed E-state index contributed by atoms with van der Waals surface area (Å²) in [5.74, 6) is -0.294. The SMILES string of the molecule is Cl.NC1=CN(/C(=N\OCF)C(=O)Cl)NS1. The van der Waals surface area contributed by atoms with Crippen LogP contribution in [0.1, 0.15) is 0 Å². The zero-order valence-corrected chi connectivity index (χ0v) is 9.53. The molecule has 0 aromatic heterocycles. The molecule has 0 aliphatic carbocycles. The molecule has 0 saturated heterocycles. The largest absolute Gasteiger partial charge is 0.391 e. The van der Waals surface area contributed by atoms with E-state index in [9.17, 15) is 9.18 Å². The predicted molar refractivity (Wildman–Crippen MR) is 57.4 cm³/mol. The minimum atomic E-state index is -1.14. The molecule has 0 radical (unpaired) electrons. The van der Waals surface area contributed by atoms with Crippen molar-refractivity contribution >= 4 is 47.0 Å². The molecular formula is C5H7Cl2FN4O2S. The summed E-state index contributed by atoms with van der Waals surface area (Å²) in [4.78, 5) is 17.5. The molecule has 0 bridgehead atoms. The van der Waals surface area contributed by atoms with Gasteiger partial charge in [0, 0.05) is 0 Å². The topological polar surface area (TPSA) is 79.9 Å². The number of nitrogens with zero attached hydrogens (tertiary/aromatic N) is 2. The molecule has 6 nitrogen and oxygen atoms in total. The number of hydrazine groups is 1. The average molecular weight is 277 g/mol. The Kier molecular flexibility index (Phi) is 6.41. The Morgan fingerprint density at radius 3 is 2.93 bits per heavy atom. The standard InChI is InChI=1S/C5H6ClFN4O2S.ClH/c6-4(12)5(9-13-2-7)11-1-3(8)14-10-11;/h1,10H,2,8H2;1H/b9-5-;. The van der Waals surface area contributed by atoms with E-state index in [1.165, 1.54) is 6.20 Å². The Morgan fingerprint density at radius 1 is 1.87 bits per heavy atom. The summed E-state index contributed by atoms with van der Waals surface area (Å²) in [5, 5.41) is 3.82. The van der Waals surface area contributed by atoms with E-state index < -0.39 is 12.1 Å². The van der Waals surface area contributed by atoms with E-state index in [4.69, 9.17) is 17.3 Å². The van der Waals surface area contributed by atoms with Crippen LogP contribution >= 0.6 is 36.0 Å². The van der Waals surface area contributed by atoms with E-state index in [1.54, 1.807) is 0 Å². The Bertz CT molecular complexity index is 301. The summed E-state index contributed by atoms with van der Waals surface area (Å²) in [6.45, 7) is -1.14. The first-order valence-corrected chi connectivity index (χ1v) is 4.49. The Balaban J connectivity index is 0.00000196. The third-order valence-corrected chi connectivity index (χ3v) is 1.92. The second-order valence-corrected chi connectivity index (χ2v) is 3.22. The van der Waals surface area contributed by atoms with Crippen molar-refractivity contribution in [2.75, 3.05) is 6.86 Å². The van der Waals surface area contributed by atoms with Gasteiger partial charge in [-0.15, -0.1) is 12.4 Å². The monoisotopic (exact) mass is 276 g/mol. The van der Waals surface area contributed by atoms with Crippen LogP contribution in [0.3, 0.4) is 0 Å². The lowest BCUT2D eigenvalue weighted by Crippen LogP contribution is -2.35. The first-order chi connectivity index (χ1) is 6.65. The molecule has 86 valence electrons. The minimum absolute atomic E-state index is 0. The number of rotatable bonds is 3. The van der Waals surface area contributed by atoms with E-state index in [0.29, 0.717) is 5.03 Å². The molecule has 0 amide bonds. The van der Waals surface area contributed by atoms with Crippen molar-refractivity contribution in [3.8, 4) is 0 Å². The van der Waals surface area contributed by atoms with Gasteiger partial charge in [0.25, 0.3) is 12.1 Å². The average Bonchev–Trinajstić information content (AvgIpc) is 2.52. The number of nitrogens with two attached hydrogens (primary N) is 1. The second kappa shape index (κ2) is 6.72. The summed E-state index contributed by atoms with van der Waals surface area (Å²) < 4.78 is 11.6. The molecule has 0 unspecified atom stereocenters. The van der Waals surface area contributed by atoms with Gasteiger partial charge >= 0.3 is 0 Å². The van der Waals surface area contributed by atoms with Crippen LogP contribution in [0, 0.1) is 0 Å². The molecule has 0 fully saturated rings. The number of alkyl halides is 1. The lowest BCUT2D eigenvalue weighted by Gasteiger charge is -2.12. The number of carbonyl (C=O) groups excluding carboxylic acids is 1. The van der Waals surface area contributed by atoms with E-state index in [0.717, 1.165) is 17.0 Å². The van der Waals surface area contributed by atoms with Gasteiger partial charge in [-0.2, -0.15) is 4.83 Å². The number of hydrogen-bond acceptors (Lipinski definition) is 6. The van der Waals surface area contributed by atoms with E-state index in [-0.39, 0.29) is 18.2 Å². The molecule has 1 aliphatic rings. The second-order valence-electron chi connectivity index (χ2n) is 2.02. The van der Waals surface area contributed by atoms with Crippen molar-refractivity contribution in [2.24, 2.45) is 10.9 Å². The van der Waals surface area contributed by atoms with Crippen LogP contribution in [-0.4, -0.2) is 22.9 Å². The van der Waals surface area contributed by atoms with Gasteiger partial charge in [-0.05, 0) is 23.5 Å². The van der Waals surface area contributed by atoms with Gasteiger partial charge in [0.1, 0.15) is 5.03 Å². The molecule has 1 rings (SSSR count). The van der Waals surface area contributed by atoms with Crippen molar-refractivity contribution in [3.05, 3.63) is 11.2 Å². The van der Waals surface area contributed by atoms with Gasteiger partial charge in [0.05, 0.1) is 6.20 Å². The maximum atomic E-state index is 11.6. The summed E-state index contributed by atoms with van der Waals surface area (Å²) in [5.41, 5.74) is 5.39. The van der Waals surface area contributed by atoms with Gasteiger partial charge in [-0.25, -0.2) is 9.40 Å². The number of nitrogens with one attached hydrogen (secondary N) is 1. The molecule has 0 saturated carbocycles. The quantitative estimate of drug-likeness (QED) is 0.259. The number of amidine groups is 1. The molecule has 0 aromatic carbocycles. The van der Waals surface area contributed by atoms with Crippen LogP contribution < -0.4 is 10.6 Å². The fourth-order valence-electron chi connectivity index (χ4n) is 0.646. The van der Waals surface area contributed by atoms with Crippen molar-refractivity contribution in [2.45, 2.75) is 0 Å². The van der Waals surface area contributed by atoms with E-state index in [1.807, 2.05) is 0 Å². The van der Waals surface area contributed by atoms with Gasteiger partial charge in [0.15, 0.2) is 0 Å².